The number of amides is 1. The summed E-state index contributed by atoms with van der Waals surface area (Å²) in [6.07, 6.45) is 3.17. The zero-order valence-corrected chi connectivity index (χ0v) is 13.9. The molecule has 0 saturated carbocycles. The largest absolute Gasteiger partial charge is 0.497 e. The summed E-state index contributed by atoms with van der Waals surface area (Å²) in [5.74, 6) is 0.879. The molecule has 7 nitrogen and oxygen atoms in total. The van der Waals surface area contributed by atoms with Crippen LogP contribution in [0.3, 0.4) is 0 Å². The highest BCUT2D eigenvalue weighted by Crippen LogP contribution is 2.22. The molecule has 0 unspecified atom stereocenters. The predicted octanol–water partition coefficient (Wildman–Crippen LogP) is 1.96. The van der Waals surface area contributed by atoms with Gasteiger partial charge in [-0.2, -0.15) is 10.2 Å². The molecule has 0 bridgehead atoms. The van der Waals surface area contributed by atoms with Crippen molar-refractivity contribution in [2.75, 3.05) is 14.2 Å². The molecule has 22 heavy (non-hydrogen) atoms. The predicted molar refractivity (Wildman–Crippen MR) is 85.5 cm³/mol. The molecule has 0 aliphatic heterocycles. The van der Waals surface area contributed by atoms with Crippen molar-refractivity contribution in [2.45, 2.75) is 0 Å². The van der Waals surface area contributed by atoms with Crippen LogP contribution in [0, 0.1) is 0 Å². The average Bonchev–Trinajstić information content (AvgIpc) is 2.85. The highest BCUT2D eigenvalue weighted by molar-refractivity contribution is 9.10. The van der Waals surface area contributed by atoms with E-state index in [9.17, 15) is 4.79 Å². The van der Waals surface area contributed by atoms with Gasteiger partial charge in [-0.25, -0.2) is 5.43 Å². The highest BCUT2D eigenvalue weighted by atomic mass is 79.9. The van der Waals surface area contributed by atoms with E-state index in [1.165, 1.54) is 10.9 Å². The van der Waals surface area contributed by atoms with Gasteiger partial charge in [-0.3, -0.25) is 9.48 Å². The molecule has 0 saturated heterocycles. The second-order valence-corrected chi connectivity index (χ2v) is 5.16. The molecule has 1 amide bonds. The second kappa shape index (κ2) is 7.08. The molecule has 0 spiro atoms. The summed E-state index contributed by atoms with van der Waals surface area (Å²) >= 11 is 3.26. The number of benzene rings is 1. The summed E-state index contributed by atoms with van der Waals surface area (Å²) in [5, 5.41) is 7.96. The first-order chi connectivity index (χ1) is 10.5. The standard InChI is InChI=1S/C14H15BrN4O3/c1-19-8-11(15)13(18-19)14(20)17-16-7-9-6-10(21-2)4-5-12(9)22-3/h4-8H,1-3H3,(H,17,20)/b16-7-. The third-order valence-electron chi connectivity index (χ3n) is 2.81. The Bertz CT molecular complexity index is 712. The van der Waals surface area contributed by atoms with Crippen LogP contribution in [0.1, 0.15) is 16.1 Å². The van der Waals surface area contributed by atoms with Crippen LogP contribution in [-0.4, -0.2) is 36.1 Å². The van der Waals surface area contributed by atoms with Gasteiger partial charge >= 0.3 is 0 Å². The Morgan fingerprint density at radius 1 is 1.41 bits per heavy atom. The maximum atomic E-state index is 12.0. The van der Waals surface area contributed by atoms with Gasteiger partial charge in [-0.05, 0) is 34.1 Å². The molecule has 0 atom stereocenters. The first-order valence-electron chi connectivity index (χ1n) is 6.29. The number of halogens is 1. The summed E-state index contributed by atoms with van der Waals surface area (Å²) in [6, 6.07) is 5.29. The van der Waals surface area contributed by atoms with E-state index in [1.54, 1.807) is 45.7 Å². The van der Waals surface area contributed by atoms with Gasteiger partial charge in [0.1, 0.15) is 11.5 Å². The van der Waals surface area contributed by atoms with Gasteiger partial charge in [-0.15, -0.1) is 0 Å². The number of aryl methyl sites for hydroxylation is 1. The van der Waals surface area contributed by atoms with E-state index in [2.05, 4.69) is 31.6 Å². The monoisotopic (exact) mass is 366 g/mol. The van der Waals surface area contributed by atoms with Crippen molar-refractivity contribution in [3.63, 3.8) is 0 Å². The van der Waals surface area contributed by atoms with Crippen molar-refractivity contribution < 1.29 is 14.3 Å². The number of carbonyl (C=O) groups excluding carboxylic acids is 1. The maximum Gasteiger partial charge on any atom is 0.293 e. The van der Waals surface area contributed by atoms with E-state index >= 15 is 0 Å². The normalized spacial score (nSPS) is 10.7. The third kappa shape index (κ3) is 3.64. The Kier molecular flexibility index (Phi) is 5.16. The van der Waals surface area contributed by atoms with Crippen LogP contribution in [0.2, 0.25) is 0 Å². The van der Waals surface area contributed by atoms with Crippen molar-refractivity contribution in [2.24, 2.45) is 12.1 Å². The Labute approximate surface area is 136 Å². The van der Waals surface area contributed by atoms with Gasteiger partial charge < -0.3 is 9.47 Å². The lowest BCUT2D eigenvalue weighted by Crippen LogP contribution is -2.19. The summed E-state index contributed by atoms with van der Waals surface area (Å²) in [6.45, 7) is 0. The molecule has 0 aliphatic carbocycles. The molecule has 2 rings (SSSR count). The Hall–Kier alpha value is -2.35. The average molecular weight is 367 g/mol. The van der Waals surface area contributed by atoms with Crippen LogP contribution in [0.4, 0.5) is 0 Å². The number of hydrogen-bond acceptors (Lipinski definition) is 5. The molecule has 2 aromatic rings. The second-order valence-electron chi connectivity index (χ2n) is 4.31. The van der Waals surface area contributed by atoms with Gasteiger partial charge in [0, 0.05) is 18.8 Å². The number of nitrogens with zero attached hydrogens (tertiary/aromatic N) is 3. The molecule has 1 N–H and O–H groups in total. The van der Waals surface area contributed by atoms with Crippen molar-refractivity contribution >= 4 is 28.1 Å². The summed E-state index contributed by atoms with van der Waals surface area (Å²) < 4.78 is 12.5. The van der Waals surface area contributed by atoms with Crippen LogP contribution in [0.25, 0.3) is 0 Å². The molecule has 8 heteroatoms. The van der Waals surface area contributed by atoms with E-state index in [1.807, 2.05) is 0 Å². The fourth-order valence-electron chi connectivity index (χ4n) is 1.77. The highest BCUT2D eigenvalue weighted by Gasteiger charge is 2.13. The van der Waals surface area contributed by atoms with Crippen LogP contribution in [0.15, 0.2) is 34.0 Å². The lowest BCUT2D eigenvalue weighted by atomic mass is 10.2. The Balaban J connectivity index is 2.12. The lowest BCUT2D eigenvalue weighted by Gasteiger charge is -2.06. The smallest absolute Gasteiger partial charge is 0.293 e. The zero-order valence-electron chi connectivity index (χ0n) is 12.3. The maximum absolute atomic E-state index is 12.0. The van der Waals surface area contributed by atoms with E-state index in [4.69, 9.17) is 9.47 Å². The van der Waals surface area contributed by atoms with Gasteiger partial charge in [0.25, 0.3) is 5.91 Å². The number of methoxy groups -OCH3 is 2. The fourth-order valence-corrected chi connectivity index (χ4v) is 2.32. The number of carbonyl (C=O) groups is 1. The van der Waals surface area contributed by atoms with Crippen LogP contribution < -0.4 is 14.9 Å². The SMILES string of the molecule is COc1ccc(OC)c(/C=N\NC(=O)c2nn(C)cc2Br)c1. The van der Waals surface area contributed by atoms with Crippen LogP contribution in [0.5, 0.6) is 11.5 Å². The fraction of sp³-hybridized carbons (Fsp3) is 0.214. The molecule has 1 aromatic carbocycles. The minimum absolute atomic E-state index is 0.261. The summed E-state index contributed by atoms with van der Waals surface area (Å²) in [7, 11) is 4.86. The zero-order chi connectivity index (χ0) is 16.1. The van der Waals surface area contributed by atoms with Gasteiger partial charge in [0.05, 0.1) is 24.9 Å². The molecule has 0 aliphatic rings. The van der Waals surface area contributed by atoms with Crippen molar-refractivity contribution in [1.82, 2.24) is 15.2 Å². The quantitative estimate of drug-likeness (QED) is 0.648. The van der Waals surface area contributed by atoms with Crippen LogP contribution >= 0.6 is 15.9 Å². The number of aromatic nitrogens is 2. The minimum Gasteiger partial charge on any atom is -0.497 e. The molecular formula is C14H15BrN4O3. The van der Waals surface area contributed by atoms with Gasteiger partial charge in [0.2, 0.25) is 0 Å². The van der Waals surface area contributed by atoms with Crippen molar-refractivity contribution in [3.8, 4) is 11.5 Å². The van der Waals surface area contributed by atoms with E-state index in [-0.39, 0.29) is 5.69 Å². The van der Waals surface area contributed by atoms with Crippen molar-refractivity contribution in [1.29, 1.82) is 0 Å². The molecule has 0 radical (unpaired) electrons. The third-order valence-corrected chi connectivity index (χ3v) is 3.39. The van der Waals surface area contributed by atoms with E-state index in [0.29, 0.717) is 21.5 Å². The number of rotatable bonds is 5. The summed E-state index contributed by atoms with van der Waals surface area (Å²) in [5.41, 5.74) is 3.36. The molecule has 0 fully saturated rings. The minimum atomic E-state index is -0.411. The Morgan fingerprint density at radius 2 is 2.18 bits per heavy atom. The molecule has 1 heterocycles. The van der Waals surface area contributed by atoms with Crippen molar-refractivity contribution in [3.05, 3.63) is 40.1 Å². The molecular weight excluding hydrogens is 352 g/mol. The summed E-state index contributed by atoms with van der Waals surface area (Å²) in [4.78, 5) is 12.0. The van der Waals surface area contributed by atoms with Crippen LogP contribution in [-0.2, 0) is 7.05 Å². The number of nitrogens with one attached hydrogen (secondary N) is 1. The van der Waals surface area contributed by atoms with Gasteiger partial charge in [0.15, 0.2) is 5.69 Å². The molecule has 116 valence electrons. The first-order valence-corrected chi connectivity index (χ1v) is 7.09. The molecule has 1 aromatic heterocycles. The topological polar surface area (TPSA) is 77.7 Å². The lowest BCUT2D eigenvalue weighted by molar-refractivity contribution is 0.0948. The Morgan fingerprint density at radius 3 is 2.77 bits per heavy atom. The van der Waals surface area contributed by atoms with E-state index < -0.39 is 5.91 Å². The number of hydrogen-bond donors (Lipinski definition) is 1. The first kappa shape index (κ1) is 16.0. The van der Waals surface area contributed by atoms with Gasteiger partial charge in [-0.1, -0.05) is 0 Å². The van der Waals surface area contributed by atoms with E-state index in [0.717, 1.165) is 0 Å². The number of ether oxygens (including phenoxy) is 2. The number of hydrazone groups is 1.